The van der Waals surface area contributed by atoms with Gasteiger partial charge in [0.2, 0.25) is 11.8 Å². The lowest BCUT2D eigenvalue weighted by Crippen LogP contribution is -2.38. The molecule has 30 heavy (non-hydrogen) atoms. The number of rotatable bonds is 8. The number of aromatic nitrogens is 3. The highest BCUT2D eigenvalue weighted by molar-refractivity contribution is 7.71. The highest BCUT2D eigenvalue weighted by Crippen LogP contribution is 2.23. The van der Waals surface area contributed by atoms with Crippen molar-refractivity contribution in [2.45, 2.75) is 19.9 Å². The Morgan fingerprint density at radius 3 is 2.63 bits per heavy atom. The SMILES string of the molecule is CCN(CC(=O)Nc1c(F)cccc1F)C(=O)CCn1c(-c2cccs2)n[nH]c1=S. The predicted molar refractivity (Wildman–Crippen MR) is 113 cm³/mol. The molecule has 2 heterocycles. The summed E-state index contributed by atoms with van der Waals surface area (Å²) in [6.45, 7) is 1.94. The molecule has 0 spiro atoms. The molecule has 158 valence electrons. The lowest BCUT2D eigenvalue weighted by Gasteiger charge is -2.21. The number of nitrogens with one attached hydrogen (secondary N) is 2. The first-order valence-corrected chi connectivity index (χ1v) is 10.4. The fraction of sp³-hybridized carbons (Fsp3) is 0.263. The van der Waals surface area contributed by atoms with Crippen LogP contribution in [-0.2, 0) is 16.1 Å². The molecule has 0 bridgehead atoms. The summed E-state index contributed by atoms with van der Waals surface area (Å²) in [5.74, 6) is -2.10. The highest BCUT2D eigenvalue weighted by atomic mass is 32.1. The fourth-order valence-corrected chi connectivity index (χ4v) is 3.78. The summed E-state index contributed by atoms with van der Waals surface area (Å²) in [6.07, 6.45) is 0.0847. The Morgan fingerprint density at radius 2 is 2.00 bits per heavy atom. The largest absolute Gasteiger partial charge is 0.334 e. The summed E-state index contributed by atoms with van der Waals surface area (Å²) in [5, 5.41) is 11.0. The molecule has 0 aliphatic rings. The number of nitrogens with zero attached hydrogens (tertiary/aromatic N) is 3. The van der Waals surface area contributed by atoms with Crippen LogP contribution in [0.3, 0.4) is 0 Å². The van der Waals surface area contributed by atoms with Crippen LogP contribution < -0.4 is 5.32 Å². The molecule has 2 amide bonds. The van der Waals surface area contributed by atoms with Gasteiger partial charge in [-0.1, -0.05) is 12.1 Å². The average molecular weight is 452 g/mol. The first-order valence-electron chi connectivity index (χ1n) is 9.11. The van der Waals surface area contributed by atoms with Crippen LogP contribution >= 0.6 is 23.6 Å². The number of carbonyl (C=O) groups is 2. The third-order valence-electron chi connectivity index (χ3n) is 4.35. The third-order valence-corrected chi connectivity index (χ3v) is 5.52. The van der Waals surface area contributed by atoms with Gasteiger partial charge in [-0.25, -0.2) is 8.78 Å². The van der Waals surface area contributed by atoms with E-state index in [1.807, 2.05) is 17.5 Å². The van der Waals surface area contributed by atoms with Crippen molar-refractivity contribution in [1.82, 2.24) is 19.7 Å². The van der Waals surface area contributed by atoms with E-state index < -0.39 is 23.2 Å². The van der Waals surface area contributed by atoms with E-state index in [-0.39, 0.29) is 32.0 Å². The summed E-state index contributed by atoms with van der Waals surface area (Å²) in [7, 11) is 0. The van der Waals surface area contributed by atoms with Crippen molar-refractivity contribution in [2.75, 3.05) is 18.4 Å². The van der Waals surface area contributed by atoms with E-state index in [1.54, 1.807) is 11.5 Å². The maximum Gasteiger partial charge on any atom is 0.244 e. The summed E-state index contributed by atoms with van der Waals surface area (Å²) in [4.78, 5) is 27.1. The van der Waals surface area contributed by atoms with Gasteiger partial charge in [0.1, 0.15) is 17.3 Å². The molecule has 7 nitrogen and oxygen atoms in total. The van der Waals surface area contributed by atoms with Crippen molar-refractivity contribution >= 4 is 41.1 Å². The number of thiophene rings is 1. The van der Waals surface area contributed by atoms with Gasteiger partial charge in [0, 0.05) is 19.5 Å². The second kappa shape index (κ2) is 9.72. The number of hydrogen-bond acceptors (Lipinski definition) is 5. The maximum atomic E-state index is 13.7. The minimum atomic E-state index is -0.881. The highest BCUT2D eigenvalue weighted by Gasteiger charge is 2.19. The number of hydrogen-bond donors (Lipinski definition) is 2. The van der Waals surface area contributed by atoms with E-state index in [0.29, 0.717) is 10.6 Å². The number of anilines is 1. The maximum absolute atomic E-state index is 13.7. The van der Waals surface area contributed by atoms with E-state index in [4.69, 9.17) is 12.2 Å². The van der Waals surface area contributed by atoms with Crippen molar-refractivity contribution in [3.63, 3.8) is 0 Å². The minimum absolute atomic E-state index is 0.0847. The smallest absolute Gasteiger partial charge is 0.244 e. The van der Waals surface area contributed by atoms with Gasteiger partial charge in [-0.3, -0.25) is 19.3 Å². The number of para-hydroxylation sites is 1. The van der Waals surface area contributed by atoms with Gasteiger partial charge in [0.05, 0.1) is 11.4 Å². The average Bonchev–Trinajstić information content (AvgIpc) is 3.37. The summed E-state index contributed by atoms with van der Waals surface area (Å²) >= 11 is 6.75. The van der Waals surface area contributed by atoms with Crippen molar-refractivity contribution in [1.29, 1.82) is 0 Å². The third kappa shape index (κ3) is 4.97. The monoisotopic (exact) mass is 451 g/mol. The van der Waals surface area contributed by atoms with E-state index in [9.17, 15) is 18.4 Å². The number of aromatic amines is 1. The van der Waals surface area contributed by atoms with Crippen molar-refractivity contribution in [3.05, 3.63) is 52.1 Å². The minimum Gasteiger partial charge on any atom is -0.334 e. The Hall–Kier alpha value is -2.92. The Labute approximate surface area is 180 Å². The number of H-pyrrole nitrogens is 1. The molecule has 0 aliphatic carbocycles. The molecule has 2 aromatic heterocycles. The molecule has 0 atom stereocenters. The van der Waals surface area contributed by atoms with Gasteiger partial charge in [-0.2, -0.15) is 5.10 Å². The van der Waals surface area contributed by atoms with E-state index in [1.165, 1.54) is 22.3 Å². The number of carbonyl (C=O) groups excluding carboxylic acids is 2. The standard InChI is InChI=1S/C19H19F2N5O2S2/c1-2-25(11-15(27)22-17-12(20)5-3-6-13(17)21)16(28)8-9-26-18(23-24-19(26)29)14-7-4-10-30-14/h3-7,10H,2,8-9,11H2,1H3,(H,22,27)(H,24,29). The lowest BCUT2D eigenvalue weighted by atomic mass is 10.2. The Balaban J connectivity index is 1.63. The molecule has 3 aromatic rings. The zero-order valence-electron chi connectivity index (χ0n) is 16.0. The molecule has 11 heteroatoms. The number of amides is 2. The van der Waals surface area contributed by atoms with Crippen molar-refractivity contribution in [2.24, 2.45) is 0 Å². The van der Waals surface area contributed by atoms with Crippen LogP contribution in [0.2, 0.25) is 0 Å². The molecule has 0 unspecified atom stereocenters. The Bertz CT molecular complexity index is 1070. The molecule has 0 saturated carbocycles. The molecular weight excluding hydrogens is 432 g/mol. The van der Waals surface area contributed by atoms with Crippen LogP contribution in [0.1, 0.15) is 13.3 Å². The van der Waals surface area contributed by atoms with Gasteiger partial charge in [0.15, 0.2) is 10.6 Å². The van der Waals surface area contributed by atoms with E-state index >= 15 is 0 Å². The molecular formula is C19H19F2N5O2S2. The number of halogens is 2. The normalized spacial score (nSPS) is 10.8. The van der Waals surface area contributed by atoms with E-state index in [0.717, 1.165) is 17.0 Å². The van der Waals surface area contributed by atoms with Gasteiger partial charge in [-0.05, 0) is 42.7 Å². The second-order valence-corrected chi connectivity index (χ2v) is 7.62. The predicted octanol–water partition coefficient (Wildman–Crippen LogP) is 3.82. The lowest BCUT2D eigenvalue weighted by molar-refractivity contribution is -0.134. The molecule has 3 rings (SSSR count). The van der Waals surface area contributed by atoms with Gasteiger partial charge >= 0.3 is 0 Å². The van der Waals surface area contributed by atoms with Crippen LogP contribution in [0.15, 0.2) is 35.7 Å². The topological polar surface area (TPSA) is 83.0 Å². The molecule has 0 saturated heterocycles. The van der Waals surface area contributed by atoms with Crippen LogP contribution in [0.25, 0.3) is 10.7 Å². The zero-order chi connectivity index (χ0) is 21.7. The van der Waals surface area contributed by atoms with Gasteiger partial charge in [-0.15, -0.1) is 11.3 Å². The molecule has 0 aliphatic heterocycles. The zero-order valence-corrected chi connectivity index (χ0v) is 17.7. The summed E-state index contributed by atoms with van der Waals surface area (Å²) < 4.78 is 29.5. The van der Waals surface area contributed by atoms with Crippen LogP contribution in [0, 0.1) is 16.4 Å². The fourth-order valence-electron chi connectivity index (χ4n) is 2.83. The van der Waals surface area contributed by atoms with Crippen LogP contribution in [-0.4, -0.2) is 44.6 Å². The molecule has 0 radical (unpaired) electrons. The first-order chi connectivity index (χ1) is 14.4. The van der Waals surface area contributed by atoms with E-state index in [2.05, 4.69) is 15.5 Å². The first kappa shape index (κ1) is 21.8. The Morgan fingerprint density at radius 1 is 1.27 bits per heavy atom. The molecule has 0 fully saturated rings. The van der Waals surface area contributed by atoms with Crippen molar-refractivity contribution < 1.29 is 18.4 Å². The van der Waals surface area contributed by atoms with Crippen LogP contribution in [0.4, 0.5) is 14.5 Å². The summed E-state index contributed by atoms with van der Waals surface area (Å²) in [6, 6.07) is 7.08. The van der Waals surface area contributed by atoms with Gasteiger partial charge in [0.25, 0.3) is 0 Å². The molecule has 1 aromatic carbocycles. The number of likely N-dealkylation sites (N-methyl/N-ethyl adjacent to an activating group) is 1. The second-order valence-electron chi connectivity index (χ2n) is 6.28. The van der Waals surface area contributed by atoms with Crippen LogP contribution in [0.5, 0.6) is 0 Å². The van der Waals surface area contributed by atoms with Crippen molar-refractivity contribution in [3.8, 4) is 10.7 Å². The Kier molecular flexibility index (Phi) is 7.06. The number of benzene rings is 1. The quantitative estimate of drug-likeness (QED) is 0.510. The molecule has 2 N–H and O–H groups in total. The summed E-state index contributed by atoms with van der Waals surface area (Å²) in [5.41, 5.74) is -0.531. The van der Waals surface area contributed by atoms with Gasteiger partial charge < -0.3 is 10.2 Å².